The third-order valence-corrected chi connectivity index (χ3v) is 3.28. The molecule has 0 aliphatic heterocycles. The number of hydrogen-bond acceptors (Lipinski definition) is 3. The maximum absolute atomic E-state index is 11.9. The number of carboxylic acids is 1. The maximum Gasteiger partial charge on any atom is 0.338 e. The standard InChI is InChI=1S/C15H20O4/c1-10(2)11(3)13(9-14(16)17)19-15(18)12-7-5-4-6-8-12/h4-8,10-11,13H,9H2,1-3H3,(H,16,17). The van der Waals surface area contributed by atoms with Crippen LogP contribution >= 0.6 is 0 Å². The molecular weight excluding hydrogens is 244 g/mol. The van der Waals surface area contributed by atoms with Gasteiger partial charge in [0.1, 0.15) is 6.10 Å². The molecule has 1 aromatic carbocycles. The summed E-state index contributed by atoms with van der Waals surface area (Å²) in [6, 6.07) is 8.60. The van der Waals surface area contributed by atoms with Crippen LogP contribution in [0.2, 0.25) is 0 Å². The summed E-state index contributed by atoms with van der Waals surface area (Å²) in [7, 11) is 0. The molecule has 0 saturated carbocycles. The van der Waals surface area contributed by atoms with Gasteiger partial charge in [0, 0.05) is 0 Å². The number of esters is 1. The summed E-state index contributed by atoms with van der Waals surface area (Å²) in [5, 5.41) is 8.91. The number of carbonyl (C=O) groups excluding carboxylic acids is 1. The van der Waals surface area contributed by atoms with Gasteiger partial charge in [0.05, 0.1) is 12.0 Å². The van der Waals surface area contributed by atoms with Crippen molar-refractivity contribution in [2.45, 2.75) is 33.3 Å². The smallest absolute Gasteiger partial charge is 0.338 e. The van der Waals surface area contributed by atoms with Gasteiger partial charge in [-0.05, 0) is 24.0 Å². The number of carboxylic acid groups (broad SMARTS) is 1. The molecule has 0 spiro atoms. The predicted octanol–water partition coefficient (Wildman–Crippen LogP) is 2.98. The molecule has 4 nitrogen and oxygen atoms in total. The molecule has 0 saturated heterocycles. The molecule has 0 aliphatic rings. The van der Waals surface area contributed by atoms with Crippen LogP contribution in [-0.4, -0.2) is 23.1 Å². The molecule has 2 atom stereocenters. The van der Waals surface area contributed by atoms with Crippen LogP contribution in [0.15, 0.2) is 30.3 Å². The zero-order chi connectivity index (χ0) is 14.4. The molecule has 0 radical (unpaired) electrons. The van der Waals surface area contributed by atoms with Crippen molar-refractivity contribution in [2.24, 2.45) is 11.8 Å². The first kappa shape index (κ1) is 15.2. The van der Waals surface area contributed by atoms with Gasteiger partial charge in [0.25, 0.3) is 0 Å². The van der Waals surface area contributed by atoms with Crippen LogP contribution in [-0.2, 0) is 9.53 Å². The molecule has 0 aromatic heterocycles. The third kappa shape index (κ3) is 4.73. The van der Waals surface area contributed by atoms with Gasteiger partial charge in [-0.1, -0.05) is 39.0 Å². The Balaban J connectivity index is 2.77. The lowest BCUT2D eigenvalue weighted by Gasteiger charge is -2.25. The van der Waals surface area contributed by atoms with E-state index in [9.17, 15) is 9.59 Å². The van der Waals surface area contributed by atoms with Gasteiger partial charge < -0.3 is 9.84 Å². The van der Waals surface area contributed by atoms with Crippen LogP contribution in [0, 0.1) is 11.8 Å². The average molecular weight is 264 g/mol. The minimum atomic E-state index is -0.960. The Morgan fingerprint density at radius 3 is 2.21 bits per heavy atom. The highest BCUT2D eigenvalue weighted by atomic mass is 16.5. The van der Waals surface area contributed by atoms with Crippen LogP contribution in [0.5, 0.6) is 0 Å². The topological polar surface area (TPSA) is 63.6 Å². The van der Waals surface area contributed by atoms with Crippen LogP contribution < -0.4 is 0 Å². The van der Waals surface area contributed by atoms with E-state index in [1.54, 1.807) is 24.3 Å². The zero-order valence-electron chi connectivity index (χ0n) is 11.5. The third-order valence-electron chi connectivity index (χ3n) is 3.28. The first-order chi connectivity index (χ1) is 8.91. The molecule has 0 heterocycles. The van der Waals surface area contributed by atoms with E-state index in [0.29, 0.717) is 5.56 Å². The largest absolute Gasteiger partial charge is 0.481 e. The SMILES string of the molecule is CC(C)C(C)C(CC(=O)O)OC(=O)c1ccccc1. The lowest BCUT2D eigenvalue weighted by molar-refractivity contribution is -0.140. The number of rotatable bonds is 6. The van der Waals surface area contributed by atoms with Crippen molar-refractivity contribution in [3.63, 3.8) is 0 Å². The molecule has 1 N–H and O–H groups in total. The fraction of sp³-hybridized carbons (Fsp3) is 0.467. The Hall–Kier alpha value is -1.84. The second-order valence-electron chi connectivity index (χ2n) is 5.01. The predicted molar refractivity (Wildman–Crippen MR) is 71.9 cm³/mol. The summed E-state index contributed by atoms with van der Waals surface area (Å²) < 4.78 is 5.35. The summed E-state index contributed by atoms with van der Waals surface area (Å²) in [5.41, 5.74) is 0.439. The van der Waals surface area contributed by atoms with Gasteiger partial charge in [0.2, 0.25) is 0 Å². The number of hydrogen-bond donors (Lipinski definition) is 1. The molecule has 1 rings (SSSR count). The second-order valence-corrected chi connectivity index (χ2v) is 5.01. The van der Waals surface area contributed by atoms with Gasteiger partial charge in [-0.2, -0.15) is 0 Å². The van der Waals surface area contributed by atoms with E-state index in [2.05, 4.69) is 0 Å². The summed E-state index contributed by atoms with van der Waals surface area (Å²) in [5.74, 6) is -1.20. The van der Waals surface area contributed by atoms with Crippen LogP contribution in [0.4, 0.5) is 0 Å². The monoisotopic (exact) mass is 264 g/mol. The van der Waals surface area contributed by atoms with E-state index >= 15 is 0 Å². The van der Waals surface area contributed by atoms with E-state index in [4.69, 9.17) is 9.84 Å². The molecule has 0 amide bonds. The van der Waals surface area contributed by atoms with Crippen LogP contribution in [0.1, 0.15) is 37.6 Å². The zero-order valence-corrected chi connectivity index (χ0v) is 11.5. The van der Waals surface area contributed by atoms with Gasteiger partial charge >= 0.3 is 11.9 Å². The first-order valence-electron chi connectivity index (χ1n) is 6.39. The molecule has 2 unspecified atom stereocenters. The van der Waals surface area contributed by atoms with Crippen molar-refractivity contribution in [1.82, 2.24) is 0 Å². The molecule has 104 valence electrons. The van der Waals surface area contributed by atoms with E-state index in [1.807, 2.05) is 26.8 Å². The lowest BCUT2D eigenvalue weighted by Crippen LogP contribution is -2.30. The van der Waals surface area contributed by atoms with Gasteiger partial charge in [-0.3, -0.25) is 4.79 Å². The van der Waals surface area contributed by atoms with Gasteiger partial charge in [-0.15, -0.1) is 0 Å². The van der Waals surface area contributed by atoms with Crippen molar-refractivity contribution in [2.75, 3.05) is 0 Å². The summed E-state index contributed by atoms with van der Waals surface area (Å²) in [6.07, 6.45) is -0.775. The number of ether oxygens (including phenoxy) is 1. The Morgan fingerprint density at radius 2 is 1.74 bits per heavy atom. The Morgan fingerprint density at radius 1 is 1.16 bits per heavy atom. The molecule has 0 fully saturated rings. The molecule has 0 bridgehead atoms. The minimum Gasteiger partial charge on any atom is -0.481 e. The summed E-state index contributed by atoms with van der Waals surface area (Å²) in [4.78, 5) is 22.8. The number of benzene rings is 1. The van der Waals surface area contributed by atoms with Gasteiger partial charge in [0.15, 0.2) is 0 Å². The highest BCUT2D eigenvalue weighted by Gasteiger charge is 2.27. The van der Waals surface area contributed by atoms with Crippen molar-refractivity contribution >= 4 is 11.9 Å². The lowest BCUT2D eigenvalue weighted by atomic mass is 9.90. The van der Waals surface area contributed by atoms with E-state index in [-0.39, 0.29) is 18.3 Å². The highest BCUT2D eigenvalue weighted by molar-refractivity contribution is 5.89. The van der Waals surface area contributed by atoms with Crippen molar-refractivity contribution in [1.29, 1.82) is 0 Å². The van der Waals surface area contributed by atoms with Crippen molar-refractivity contribution < 1.29 is 19.4 Å². The Bertz CT molecular complexity index is 425. The Kier molecular flexibility index (Phi) is 5.55. The van der Waals surface area contributed by atoms with Gasteiger partial charge in [-0.25, -0.2) is 4.79 Å². The van der Waals surface area contributed by atoms with E-state index < -0.39 is 18.0 Å². The Labute approximate surface area is 113 Å². The summed E-state index contributed by atoms with van der Waals surface area (Å²) >= 11 is 0. The molecule has 1 aromatic rings. The number of carbonyl (C=O) groups is 2. The van der Waals surface area contributed by atoms with E-state index in [0.717, 1.165) is 0 Å². The highest BCUT2D eigenvalue weighted by Crippen LogP contribution is 2.21. The fourth-order valence-electron chi connectivity index (χ4n) is 1.72. The van der Waals surface area contributed by atoms with Crippen LogP contribution in [0.25, 0.3) is 0 Å². The summed E-state index contributed by atoms with van der Waals surface area (Å²) in [6.45, 7) is 5.86. The van der Waals surface area contributed by atoms with Crippen molar-refractivity contribution in [3.8, 4) is 0 Å². The molecule has 4 heteroatoms. The molecule has 0 aliphatic carbocycles. The second kappa shape index (κ2) is 6.92. The first-order valence-corrected chi connectivity index (χ1v) is 6.39. The van der Waals surface area contributed by atoms with Crippen molar-refractivity contribution in [3.05, 3.63) is 35.9 Å². The minimum absolute atomic E-state index is 0.0104. The number of aliphatic carboxylic acids is 1. The average Bonchev–Trinajstić information content (AvgIpc) is 2.37. The maximum atomic E-state index is 11.9. The molecular formula is C15H20O4. The quantitative estimate of drug-likeness (QED) is 0.802. The fourth-order valence-corrected chi connectivity index (χ4v) is 1.72. The normalized spacial score (nSPS) is 13.9. The van der Waals surface area contributed by atoms with E-state index in [1.165, 1.54) is 0 Å². The molecule has 19 heavy (non-hydrogen) atoms. The van der Waals surface area contributed by atoms with Crippen LogP contribution in [0.3, 0.4) is 0 Å².